The highest BCUT2D eigenvalue weighted by molar-refractivity contribution is 6.01. The van der Waals surface area contributed by atoms with Gasteiger partial charge in [0.1, 0.15) is 12.4 Å². The summed E-state index contributed by atoms with van der Waals surface area (Å²) in [6, 6.07) is 9.98. The maximum Gasteiger partial charge on any atom is 0.336 e. The number of carboxylic acids is 1. The van der Waals surface area contributed by atoms with Crippen LogP contribution in [-0.4, -0.2) is 47.5 Å². The lowest BCUT2D eigenvalue weighted by Gasteiger charge is -2.22. The van der Waals surface area contributed by atoms with Crippen molar-refractivity contribution >= 4 is 17.8 Å². The summed E-state index contributed by atoms with van der Waals surface area (Å²) in [5.41, 5.74) is 2.45. The number of rotatable bonds is 2. The van der Waals surface area contributed by atoms with Gasteiger partial charge in [0.15, 0.2) is 0 Å². The zero-order chi connectivity index (χ0) is 19.0. The zero-order valence-corrected chi connectivity index (χ0v) is 14.5. The molecule has 2 aromatic rings. The molecule has 0 unspecified atom stereocenters. The van der Waals surface area contributed by atoms with Crippen molar-refractivity contribution in [3.8, 4) is 5.75 Å². The van der Waals surface area contributed by atoms with Gasteiger partial charge >= 0.3 is 5.97 Å². The van der Waals surface area contributed by atoms with Crippen LogP contribution >= 0.6 is 0 Å². The van der Waals surface area contributed by atoms with Crippen molar-refractivity contribution in [1.82, 2.24) is 10.2 Å². The molecule has 138 valence electrons. The number of amides is 2. The highest BCUT2D eigenvalue weighted by atomic mass is 16.5. The molecule has 2 amide bonds. The van der Waals surface area contributed by atoms with E-state index in [-0.39, 0.29) is 30.5 Å². The Morgan fingerprint density at radius 2 is 2.04 bits per heavy atom. The SMILES string of the molecule is O=C1NCCc2ccc(C(=O)N3CCOc4cccc(C(=O)O)c4C3)cc21. The first-order valence-corrected chi connectivity index (χ1v) is 8.73. The molecule has 4 rings (SSSR count). The van der Waals surface area contributed by atoms with Crippen molar-refractivity contribution in [2.45, 2.75) is 13.0 Å². The lowest BCUT2D eigenvalue weighted by molar-refractivity contribution is 0.0683. The minimum Gasteiger partial charge on any atom is -0.491 e. The molecule has 0 bridgehead atoms. The minimum atomic E-state index is -1.06. The van der Waals surface area contributed by atoms with Gasteiger partial charge in [-0.05, 0) is 36.2 Å². The smallest absolute Gasteiger partial charge is 0.336 e. The topological polar surface area (TPSA) is 95.9 Å². The monoisotopic (exact) mass is 366 g/mol. The molecular formula is C20H18N2O5. The summed E-state index contributed by atoms with van der Waals surface area (Å²) in [6.45, 7) is 1.33. The van der Waals surface area contributed by atoms with Gasteiger partial charge in [0.05, 0.1) is 18.7 Å². The number of carboxylic acid groups (broad SMARTS) is 1. The molecule has 0 saturated carbocycles. The van der Waals surface area contributed by atoms with E-state index in [0.717, 1.165) is 12.0 Å². The van der Waals surface area contributed by atoms with Gasteiger partial charge in [-0.3, -0.25) is 9.59 Å². The van der Waals surface area contributed by atoms with Crippen LogP contribution in [0.4, 0.5) is 0 Å². The predicted molar refractivity (Wildman–Crippen MR) is 96.1 cm³/mol. The van der Waals surface area contributed by atoms with Crippen molar-refractivity contribution in [3.63, 3.8) is 0 Å². The van der Waals surface area contributed by atoms with E-state index in [9.17, 15) is 19.5 Å². The van der Waals surface area contributed by atoms with Crippen molar-refractivity contribution in [2.24, 2.45) is 0 Å². The molecule has 0 aliphatic carbocycles. The van der Waals surface area contributed by atoms with E-state index < -0.39 is 5.97 Å². The molecule has 0 fully saturated rings. The Bertz CT molecular complexity index is 953. The predicted octanol–water partition coefficient (Wildman–Crippen LogP) is 1.71. The van der Waals surface area contributed by atoms with Crippen molar-refractivity contribution in [1.29, 1.82) is 0 Å². The first kappa shape index (κ1) is 17.1. The number of aromatic carboxylic acids is 1. The average Bonchev–Trinajstić information content (AvgIpc) is 2.89. The molecule has 0 spiro atoms. The Kier molecular flexibility index (Phi) is 4.27. The van der Waals surface area contributed by atoms with Gasteiger partial charge in [-0.25, -0.2) is 4.79 Å². The third-order valence-corrected chi connectivity index (χ3v) is 4.90. The number of hydrogen-bond donors (Lipinski definition) is 2. The van der Waals surface area contributed by atoms with Crippen molar-refractivity contribution in [3.05, 3.63) is 64.2 Å². The standard InChI is InChI=1S/C20H18N2O5/c23-18-15-10-13(5-4-12(15)6-7-21-18)19(24)22-8-9-27-17-3-1-2-14(20(25)26)16(17)11-22/h1-5,10H,6-9,11H2,(H,21,23)(H,25,26). The van der Waals surface area contributed by atoms with E-state index in [4.69, 9.17) is 4.74 Å². The minimum absolute atomic E-state index is 0.122. The highest BCUT2D eigenvalue weighted by Crippen LogP contribution is 2.27. The molecule has 7 heteroatoms. The number of carbonyl (C=O) groups excluding carboxylic acids is 2. The molecule has 0 saturated heterocycles. The van der Waals surface area contributed by atoms with Crippen LogP contribution in [0.1, 0.15) is 42.2 Å². The number of carbonyl (C=O) groups is 3. The largest absolute Gasteiger partial charge is 0.491 e. The van der Waals surface area contributed by atoms with Gasteiger partial charge < -0.3 is 20.1 Å². The summed E-state index contributed by atoms with van der Waals surface area (Å²) >= 11 is 0. The number of nitrogens with zero attached hydrogens (tertiary/aromatic N) is 1. The highest BCUT2D eigenvalue weighted by Gasteiger charge is 2.26. The van der Waals surface area contributed by atoms with E-state index >= 15 is 0 Å². The first-order valence-electron chi connectivity index (χ1n) is 8.73. The van der Waals surface area contributed by atoms with Crippen LogP contribution in [0.2, 0.25) is 0 Å². The number of nitrogens with one attached hydrogen (secondary N) is 1. The first-order chi connectivity index (χ1) is 13.0. The van der Waals surface area contributed by atoms with Gasteiger partial charge in [-0.2, -0.15) is 0 Å². The summed E-state index contributed by atoms with van der Waals surface area (Å²) in [5, 5.41) is 12.2. The molecule has 7 nitrogen and oxygen atoms in total. The Morgan fingerprint density at radius 1 is 1.19 bits per heavy atom. The van der Waals surface area contributed by atoms with E-state index in [0.29, 0.717) is 35.5 Å². The number of benzene rings is 2. The van der Waals surface area contributed by atoms with Gasteiger partial charge in [-0.1, -0.05) is 12.1 Å². The van der Waals surface area contributed by atoms with Gasteiger partial charge in [0.25, 0.3) is 11.8 Å². The average molecular weight is 366 g/mol. The molecule has 2 aliphatic heterocycles. The van der Waals surface area contributed by atoms with Crippen LogP contribution in [0.25, 0.3) is 0 Å². The second-order valence-electron chi connectivity index (χ2n) is 6.54. The molecular weight excluding hydrogens is 348 g/mol. The fraction of sp³-hybridized carbons (Fsp3) is 0.250. The Labute approximate surface area is 155 Å². The molecule has 2 heterocycles. The Hall–Kier alpha value is -3.35. The van der Waals surface area contributed by atoms with E-state index in [1.807, 2.05) is 6.07 Å². The number of fused-ring (bicyclic) bond motifs is 2. The molecule has 0 radical (unpaired) electrons. The van der Waals surface area contributed by atoms with Gasteiger partial charge in [0, 0.05) is 23.2 Å². The Morgan fingerprint density at radius 3 is 2.85 bits per heavy atom. The molecule has 0 atom stereocenters. The third-order valence-electron chi connectivity index (χ3n) is 4.90. The van der Waals surface area contributed by atoms with E-state index in [2.05, 4.69) is 5.32 Å². The summed E-state index contributed by atoms with van der Waals surface area (Å²) in [5.74, 6) is -1.01. The molecule has 2 N–H and O–H groups in total. The van der Waals surface area contributed by atoms with Crippen LogP contribution in [0.5, 0.6) is 5.75 Å². The number of ether oxygens (including phenoxy) is 1. The molecule has 0 aromatic heterocycles. The normalized spacial score (nSPS) is 15.7. The second kappa shape index (κ2) is 6.75. The zero-order valence-electron chi connectivity index (χ0n) is 14.5. The maximum absolute atomic E-state index is 13.0. The van der Waals surface area contributed by atoms with Gasteiger partial charge in [0.2, 0.25) is 0 Å². The van der Waals surface area contributed by atoms with Crippen molar-refractivity contribution in [2.75, 3.05) is 19.7 Å². The lowest BCUT2D eigenvalue weighted by Crippen LogP contribution is -2.34. The fourth-order valence-electron chi connectivity index (χ4n) is 3.50. The summed E-state index contributed by atoms with van der Waals surface area (Å²) in [6.07, 6.45) is 0.739. The maximum atomic E-state index is 13.0. The summed E-state index contributed by atoms with van der Waals surface area (Å²) in [4.78, 5) is 38.2. The van der Waals surface area contributed by atoms with E-state index in [1.165, 1.54) is 6.07 Å². The van der Waals surface area contributed by atoms with Crippen LogP contribution in [0.15, 0.2) is 36.4 Å². The van der Waals surface area contributed by atoms with Crippen LogP contribution in [0.3, 0.4) is 0 Å². The molecule has 2 aliphatic rings. The van der Waals surface area contributed by atoms with Gasteiger partial charge in [-0.15, -0.1) is 0 Å². The van der Waals surface area contributed by atoms with Crippen LogP contribution < -0.4 is 10.1 Å². The quantitative estimate of drug-likeness (QED) is 0.844. The van der Waals surface area contributed by atoms with Crippen LogP contribution in [-0.2, 0) is 13.0 Å². The molecule has 2 aromatic carbocycles. The van der Waals surface area contributed by atoms with E-state index in [1.54, 1.807) is 29.2 Å². The summed E-state index contributed by atoms with van der Waals surface area (Å²) < 4.78 is 5.64. The lowest BCUT2D eigenvalue weighted by atomic mass is 9.97. The molecule has 27 heavy (non-hydrogen) atoms. The fourth-order valence-corrected chi connectivity index (χ4v) is 3.50. The third kappa shape index (κ3) is 3.12. The van der Waals surface area contributed by atoms with Crippen molar-refractivity contribution < 1.29 is 24.2 Å². The number of hydrogen-bond acceptors (Lipinski definition) is 4. The summed E-state index contributed by atoms with van der Waals surface area (Å²) in [7, 11) is 0. The second-order valence-corrected chi connectivity index (χ2v) is 6.54. The Balaban J connectivity index is 1.66. The van der Waals surface area contributed by atoms with Crippen LogP contribution in [0, 0.1) is 0 Å².